The van der Waals surface area contributed by atoms with Crippen LogP contribution in [0.2, 0.25) is 0 Å². The summed E-state index contributed by atoms with van der Waals surface area (Å²) in [6.45, 7) is 0. The molecule has 0 aromatic heterocycles. The van der Waals surface area contributed by atoms with Gasteiger partial charge in [-0.05, 0) is 6.07 Å². The van der Waals surface area contributed by atoms with E-state index in [2.05, 4.69) is 20.7 Å². The van der Waals surface area contributed by atoms with Gasteiger partial charge in [-0.2, -0.15) is 0 Å². The van der Waals surface area contributed by atoms with Crippen LogP contribution in [0.3, 0.4) is 0 Å². The van der Waals surface area contributed by atoms with Crippen LogP contribution >= 0.6 is 15.9 Å². The summed E-state index contributed by atoms with van der Waals surface area (Å²) in [5.41, 5.74) is 4.84. The maximum atomic E-state index is 12.8. The van der Waals surface area contributed by atoms with E-state index in [1.165, 1.54) is 0 Å². The van der Waals surface area contributed by atoms with Gasteiger partial charge in [0.25, 0.3) is 0 Å². The van der Waals surface area contributed by atoms with E-state index >= 15 is 0 Å². The smallest absolute Gasteiger partial charge is 0.403 e. The third-order valence-electron chi connectivity index (χ3n) is 1.52. The molecule has 2 N–H and O–H groups in total. The van der Waals surface area contributed by atoms with E-state index < -0.39 is 17.9 Å². The molecule has 0 aliphatic rings. The van der Waals surface area contributed by atoms with Crippen LogP contribution < -0.4 is 10.5 Å². The molecule has 0 saturated carbocycles. The zero-order valence-electron chi connectivity index (χ0n) is 7.24. The second-order valence-electron chi connectivity index (χ2n) is 2.66. The molecule has 0 saturated heterocycles. The third kappa shape index (κ3) is 3.26. The van der Waals surface area contributed by atoms with E-state index in [9.17, 15) is 17.6 Å². The maximum Gasteiger partial charge on any atom is 0.573 e. The molecule has 1 aromatic carbocycles. The van der Waals surface area contributed by atoms with Gasteiger partial charge in [0.2, 0.25) is 0 Å². The van der Waals surface area contributed by atoms with Crippen molar-refractivity contribution in [1.29, 1.82) is 0 Å². The van der Waals surface area contributed by atoms with Crippen molar-refractivity contribution in [3.8, 4) is 5.75 Å². The number of hydrogen-bond donors (Lipinski definition) is 1. The van der Waals surface area contributed by atoms with E-state index in [0.717, 1.165) is 12.1 Å². The fourth-order valence-electron chi connectivity index (χ4n) is 1.01. The minimum absolute atomic E-state index is 0.00447. The number of nitrogens with two attached hydrogens (primary N) is 1. The molecule has 0 bridgehead atoms. The number of ether oxygens (including phenoxy) is 1. The van der Waals surface area contributed by atoms with Gasteiger partial charge in [0.15, 0.2) is 5.75 Å². The van der Waals surface area contributed by atoms with Gasteiger partial charge in [-0.25, -0.2) is 4.39 Å². The minimum atomic E-state index is -4.84. The van der Waals surface area contributed by atoms with Crippen LogP contribution in [0, 0.1) is 5.82 Å². The third-order valence-corrected chi connectivity index (χ3v) is 2.13. The van der Waals surface area contributed by atoms with Crippen molar-refractivity contribution < 1.29 is 22.3 Å². The van der Waals surface area contributed by atoms with E-state index in [4.69, 9.17) is 5.73 Å². The van der Waals surface area contributed by atoms with E-state index in [-0.39, 0.29) is 16.6 Å². The average molecular weight is 288 g/mol. The van der Waals surface area contributed by atoms with Crippen molar-refractivity contribution in [3.63, 3.8) is 0 Å². The first-order valence-electron chi connectivity index (χ1n) is 3.73. The molecule has 0 fully saturated rings. The van der Waals surface area contributed by atoms with Crippen LogP contribution in [0.1, 0.15) is 5.56 Å². The highest BCUT2D eigenvalue weighted by molar-refractivity contribution is 9.08. The molecule has 1 rings (SSSR count). The van der Waals surface area contributed by atoms with Crippen molar-refractivity contribution in [1.82, 2.24) is 0 Å². The van der Waals surface area contributed by atoms with Crippen LogP contribution in [0.25, 0.3) is 0 Å². The van der Waals surface area contributed by atoms with Gasteiger partial charge in [0.05, 0.1) is 5.69 Å². The lowest BCUT2D eigenvalue weighted by molar-refractivity contribution is -0.274. The van der Waals surface area contributed by atoms with Crippen molar-refractivity contribution >= 4 is 21.6 Å². The largest absolute Gasteiger partial charge is 0.573 e. The predicted molar refractivity (Wildman–Crippen MR) is 50.1 cm³/mol. The molecule has 7 heteroatoms. The van der Waals surface area contributed by atoms with Crippen molar-refractivity contribution in [2.75, 3.05) is 5.73 Å². The molecule has 15 heavy (non-hydrogen) atoms. The van der Waals surface area contributed by atoms with Crippen molar-refractivity contribution in [2.45, 2.75) is 11.7 Å². The average Bonchev–Trinajstić information content (AvgIpc) is 2.07. The number of hydrogen-bond acceptors (Lipinski definition) is 2. The van der Waals surface area contributed by atoms with Gasteiger partial charge in [-0.15, -0.1) is 13.2 Å². The Balaban J connectivity index is 3.15. The van der Waals surface area contributed by atoms with Gasteiger partial charge in [0, 0.05) is 17.0 Å². The van der Waals surface area contributed by atoms with E-state index in [1.54, 1.807) is 0 Å². The molecule has 0 unspecified atom stereocenters. The van der Waals surface area contributed by atoms with Gasteiger partial charge >= 0.3 is 6.36 Å². The first kappa shape index (κ1) is 12.1. The summed E-state index contributed by atoms with van der Waals surface area (Å²) < 4.78 is 52.3. The summed E-state index contributed by atoms with van der Waals surface area (Å²) in [7, 11) is 0. The monoisotopic (exact) mass is 287 g/mol. The Morgan fingerprint density at radius 2 is 1.93 bits per heavy atom. The fraction of sp³-hybridized carbons (Fsp3) is 0.250. The lowest BCUT2D eigenvalue weighted by atomic mass is 10.2. The minimum Gasteiger partial charge on any atom is -0.403 e. The first-order valence-corrected chi connectivity index (χ1v) is 4.85. The summed E-state index contributed by atoms with van der Waals surface area (Å²) >= 11 is 2.91. The summed E-state index contributed by atoms with van der Waals surface area (Å²) in [6.07, 6.45) is -4.84. The Morgan fingerprint density at radius 3 is 2.40 bits per heavy atom. The Labute approximate surface area is 91.1 Å². The highest BCUT2D eigenvalue weighted by atomic mass is 79.9. The Morgan fingerprint density at radius 1 is 1.33 bits per heavy atom. The van der Waals surface area contributed by atoms with Gasteiger partial charge in [-0.1, -0.05) is 15.9 Å². The second-order valence-corrected chi connectivity index (χ2v) is 3.23. The summed E-state index contributed by atoms with van der Waals surface area (Å²) in [5.74, 6) is -1.28. The topological polar surface area (TPSA) is 35.2 Å². The number of nitrogen functional groups attached to an aromatic ring is 1. The zero-order valence-corrected chi connectivity index (χ0v) is 8.82. The van der Waals surface area contributed by atoms with Gasteiger partial charge < -0.3 is 10.5 Å². The fourth-order valence-corrected chi connectivity index (χ4v) is 1.43. The number of benzene rings is 1. The molecule has 0 spiro atoms. The Kier molecular flexibility index (Phi) is 3.43. The molecular weight excluding hydrogens is 282 g/mol. The van der Waals surface area contributed by atoms with Crippen LogP contribution in [-0.4, -0.2) is 6.36 Å². The maximum absolute atomic E-state index is 12.8. The summed E-state index contributed by atoms with van der Waals surface area (Å²) in [5, 5.41) is 0.0143. The summed E-state index contributed by atoms with van der Waals surface area (Å²) in [4.78, 5) is 0. The predicted octanol–water partition coefficient (Wildman–Crippen LogP) is 3.20. The molecule has 0 atom stereocenters. The molecule has 0 radical (unpaired) electrons. The second kappa shape index (κ2) is 4.26. The van der Waals surface area contributed by atoms with E-state index in [0.29, 0.717) is 0 Å². The first-order chi connectivity index (χ1) is 6.83. The van der Waals surface area contributed by atoms with Crippen LogP contribution in [-0.2, 0) is 5.33 Å². The Hall–Kier alpha value is -0.980. The van der Waals surface area contributed by atoms with Gasteiger partial charge in [0.1, 0.15) is 5.82 Å². The van der Waals surface area contributed by atoms with Gasteiger partial charge in [-0.3, -0.25) is 0 Å². The number of halogens is 5. The number of anilines is 1. The van der Waals surface area contributed by atoms with Crippen molar-refractivity contribution in [3.05, 3.63) is 23.5 Å². The standard InChI is InChI=1S/C8H6BrF4NO/c9-3-4-1-5(10)2-6(14)7(4)15-8(11,12)13/h1-2H,3,14H2. The lowest BCUT2D eigenvalue weighted by Gasteiger charge is -2.14. The molecule has 2 nitrogen and oxygen atoms in total. The molecule has 0 amide bonds. The highest BCUT2D eigenvalue weighted by Crippen LogP contribution is 2.33. The quantitative estimate of drug-likeness (QED) is 0.515. The normalized spacial score (nSPS) is 11.5. The molecule has 0 aliphatic heterocycles. The number of rotatable bonds is 2. The molecule has 84 valence electrons. The molecule has 1 aromatic rings. The zero-order chi connectivity index (χ0) is 11.6. The molecule has 0 heterocycles. The van der Waals surface area contributed by atoms with Crippen LogP contribution in [0.5, 0.6) is 5.75 Å². The van der Waals surface area contributed by atoms with Crippen LogP contribution in [0.4, 0.5) is 23.2 Å². The van der Waals surface area contributed by atoms with Crippen LogP contribution in [0.15, 0.2) is 12.1 Å². The highest BCUT2D eigenvalue weighted by Gasteiger charge is 2.33. The van der Waals surface area contributed by atoms with E-state index in [1.807, 2.05) is 0 Å². The SMILES string of the molecule is Nc1cc(F)cc(CBr)c1OC(F)(F)F. The lowest BCUT2D eigenvalue weighted by Crippen LogP contribution is -2.19. The molecule has 0 aliphatic carbocycles. The van der Waals surface area contributed by atoms with Crippen molar-refractivity contribution in [2.24, 2.45) is 0 Å². The molecular formula is C8H6BrF4NO. The Bertz CT molecular complexity index is 366. The number of alkyl halides is 4. The summed E-state index contributed by atoms with van der Waals surface area (Å²) in [6, 6.07) is 1.69.